The van der Waals surface area contributed by atoms with Gasteiger partial charge in [-0.1, -0.05) is 6.92 Å². The Hall–Kier alpha value is -1.75. The summed E-state index contributed by atoms with van der Waals surface area (Å²) in [7, 11) is 0. The molecule has 0 radical (unpaired) electrons. The summed E-state index contributed by atoms with van der Waals surface area (Å²) in [5.74, 6) is 0.542. The van der Waals surface area contributed by atoms with Gasteiger partial charge >= 0.3 is 5.97 Å². The van der Waals surface area contributed by atoms with Crippen LogP contribution < -0.4 is 9.47 Å². The van der Waals surface area contributed by atoms with Crippen molar-refractivity contribution in [3.05, 3.63) is 22.6 Å². The summed E-state index contributed by atoms with van der Waals surface area (Å²) in [5.41, 5.74) is 0.875. The molecule has 0 fully saturated rings. The summed E-state index contributed by atoms with van der Waals surface area (Å²) in [6, 6.07) is 3.77. The van der Waals surface area contributed by atoms with Gasteiger partial charge in [-0.2, -0.15) is 0 Å². The molecule has 0 bridgehead atoms. The first-order valence-corrected chi connectivity index (χ1v) is 6.60. The van der Waals surface area contributed by atoms with Gasteiger partial charge in [-0.3, -0.25) is 0 Å². The van der Waals surface area contributed by atoms with E-state index < -0.39 is 5.97 Å². The van der Waals surface area contributed by atoms with E-state index in [4.69, 9.17) is 9.47 Å². The zero-order valence-electron chi connectivity index (χ0n) is 9.86. The molecule has 5 heteroatoms. The molecule has 2 heterocycles. The van der Waals surface area contributed by atoms with Crippen molar-refractivity contribution in [3.63, 3.8) is 0 Å². The molecule has 1 aliphatic heterocycles. The summed E-state index contributed by atoms with van der Waals surface area (Å²) >= 11 is 1.29. The molecule has 0 spiro atoms. The van der Waals surface area contributed by atoms with E-state index in [-0.39, 0.29) is 0 Å². The Morgan fingerprint density at radius 3 is 2.61 bits per heavy atom. The first kappa shape index (κ1) is 11.3. The lowest BCUT2D eigenvalue weighted by Gasteiger charge is -2.18. The first-order valence-electron chi connectivity index (χ1n) is 5.79. The quantitative estimate of drug-likeness (QED) is 0.906. The number of hydrogen-bond donors (Lipinski definition) is 1. The maximum atomic E-state index is 11.2. The maximum Gasteiger partial charge on any atom is 0.346 e. The Balaban J connectivity index is 2.27. The number of fused-ring (bicyclic) bond motifs is 2. The van der Waals surface area contributed by atoms with Gasteiger partial charge < -0.3 is 14.6 Å². The predicted octanol–water partition coefficient (Wildman–Crippen LogP) is 2.93. The zero-order chi connectivity index (χ0) is 12.7. The van der Waals surface area contributed by atoms with Gasteiger partial charge in [0.05, 0.1) is 0 Å². The van der Waals surface area contributed by atoms with E-state index in [0.717, 1.165) is 15.6 Å². The summed E-state index contributed by atoms with van der Waals surface area (Å²) in [6.45, 7) is 3.04. The fourth-order valence-corrected chi connectivity index (χ4v) is 3.35. The largest absolute Gasteiger partial charge is 0.486 e. The molecule has 1 aromatic heterocycles. The van der Waals surface area contributed by atoms with Crippen LogP contribution in [0.5, 0.6) is 11.5 Å². The van der Waals surface area contributed by atoms with E-state index in [1.54, 1.807) is 0 Å². The van der Waals surface area contributed by atoms with Gasteiger partial charge in [0.2, 0.25) is 0 Å². The SMILES string of the molecule is CCc1c(C(=O)O)sc2cc3c(cc12)OCCO3. The van der Waals surface area contributed by atoms with Crippen LogP contribution in [0.3, 0.4) is 0 Å². The highest BCUT2D eigenvalue weighted by Crippen LogP contribution is 2.40. The van der Waals surface area contributed by atoms with Gasteiger partial charge in [-0.05, 0) is 18.1 Å². The minimum atomic E-state index is -0.868. The second kappa shape index (κ2) is 4.17. The molecular formula is C13H12O4S. The zero-order valence-corrected chi connectivity index (χ0v) is 10.7. The van der Waals surface area contributed by atoms with E-state index in [2.05, 4.69) is 0 Å². The molecular weight excluding hydrogens is 252 g/mol. The Morgan fingerprint density at radius 2 is 2.00 bits per heavy atom. The first-order chi connectivity index (χ1) is 8.70. The lowest BCUT2D eigenvalue weighted by molar-refractivity contribution is 0.0701. The average Bonchev–Trinajstić information content (AvgIpc) is 2.73. The van der Waals surface area contributed by atoms with E-state index in [0.29, 0.717) is 36.0 Å². The molecule has 0 saturated carbocycles. The van der Waals surface area contributed by atoms with Gasteiger partial charge in [-0.15, -0.1) is 11.3 Å². The molecule has 4 nitrogen and oxygen atoms in total. The molecule has 1 aromatic carbocycles. The second-order valence-electron chi connectivity index (χ2n) is 4.06. The lowest BCUT2D eigenvalue weighted by Crippen LogP contribution is -2.15. The number of carboxylic acid groups (broad SMARTS) is 1. The molecule has 0 unspecified atom stereocenters. The van der Waals surface area contributed by atoms with Crippen LogP contribution in [0.4, 0.5) is 0 Å². The molecule has 0 saturated heterocycles. The van der Waals surface area contributed by atoms with Crippen molar-refractivity contribution >= 4 is 27.4 Å². The summed E-state index contributed by atoms with van der Waals surface area (Å²) in [6.07, 6.45) is 0.696. The Morgan fingerprint density at radius 1 is 1.33 bits per heavy atom. The number of aromatic carboxylic acids is 1. The number of hydrogen-bond acceptors (Lipinski definition) is 4. The number of aryl methyl sites for hydroxylation is 1. The van der Waals surface area contributed by atoms with Crippen molar-refractivity contribution in [2.24, 2.45) is 0 Å². The Labute approximate surface area is 108 Å². The minimum Gasteiger partial charge on any atom is -0.486 e. The smallest absolute Gasteiger partial charge is 0.346 e. The monoisotopic (exact) mass is 264 g/mol. The second-order valence-corrected chi connectivity index (χ2v) is 5.11. The van der Waals surface area contributed by atoms with Crippen LogP contribution in [0.25, 0.3) is 10.1 Å². The van der Waals surface area contributed by atoms with Crippen LogP contribution in [0.15, 0.2) is 12.1 Å². The number of carbonyl (C=O) groups is 1. The van der Waals surface area contributed by atoms with Crippen molar-refractivity contribution in [2.45, 2.75) is 13.3 Å². The summed E-state index contributed by atoms with van der Waals surface area (Å²) in [4.78, 5) is 11.6. The molecule has 3 rings (SSSR count). The van der Waals surface area contributed by atoms with E-state index >= 15 is 0 Å². The number of benzene rings is 1. The van der Waals surface area contributed by atoms with Crippen molar-refractivity contribution in [3.8, 4) is 11.5 Å². The number of carboxylic acids is 1. The van der Waals surface area contributed by atoms with Crippen LogP contribution in [-0.2, 0) is 6.42 Å². The van der Waals surface area contributed by atoms with Gasteiger partial charge in [-0.25, -0.2) is 4.79 Å². The molecule has 0 atom stereocenters. The molecule has 0 amide bonds. The van der Waals surface area contributed by atoms with E-state index in [1.807, 2.05) is 19.1 Å². The standard InChI is InChI=1S/C13H12O4S/c1-2-7-8-5-9-10(17-4-3-16-9)6-11(8)18-12(7)13(14)15/h5-6H,2-4H2,1H3,(H,14,15). The summed E-state index contributed by atoms with van der Waals surface area (Å²) in [5, 5.41) is 10.2. The van der Waals surface area contributed by atoms with Crippen molar-refractivity contribution in [2.75, 3.05) is 13.2 Å². The third-order valence-corrected chi connectivity index (χ3v) is 4.19. The fraction of sp³-hybridized carbons (Fsp3) is 0.308. The highest BCUT2D eigenvalue weighted by Gasteiger charge is 2.20. The molecule has 18 heavy (non-hydrogen) atoms. The predicted molar refractivity (Wildman–Crippen MR) is 69.2 cm³/mol. The third-order valence-electron chi connectivity index (χ3n) is 3.00. The van der Waals surface area contributed by atoms with E-state index in [9.17, 15) is 9.90 Å². The number of rotatable bonds is 2. The van der Waals surface area contributed by atoms with E-state index in [1.165, 1.54) is 11.3 Å². The highest BCUT2D eigenvalue weighted by atomic mass is 32.1. The third kappa shape index (κ3) is 1.62. The molecule has 2 aromatic rings. The van der Waals surface area contributed by atoms with Crippen molar-refractivity contribution in [1.29, 1.82) is 0 Å². The van der Waals surface area contributed by atoms with Crippen LogP contribution in [0, 0.1) is 0 Å². The molecule has 1 N–H and O–H groups in total. The molecule has 94 valence electrons. The Bertz CT molecular complexity index is 629. The van der Waals surface area contributed by atoms with Crippen LogP contribution in [-0.4, -0.2) is 24.3 Å². The number of thiophene rings is 1. The Kier molecular flexibility index (Phi) is 2.63. The number of ether oxygens (including phenoxy) is 2. The van der Waals surface area contributed by atoms with Crippen LogP contribution >= 0.6 is 11.3 Å². The van der Waals surface area contributed by atoms with Crippen molar-refractivity contribution in [1.82, 2.24) is 0 Å². The van der Waals surface area contributed by atoms with Gasteiger partial charge in [0.1, 0.15) is 18.1 Å². The highest BCUT2D eigenvalue weighted by molar-refractivity contribution is 7.21. The van der Waals surface area contributed by atoms with Crippen molar-refractivity contribution < 1.29 is 19.4 Å². The summed E-state index contributed by atoms with van der Waals surface area (Å²) < 4.78 is 12.0. The minimum absolute atomic E-state index is 0.412. The van der Waals surface area contributed by atoms with Crippen LogP contribution in [0.1, 0.15) is 22.2 Å². The van der Waals surface area contributed by atoms with Gasteiger partial charge in [0, 0.05) is 16.2 Å². The fourth-order valence-electron chi connectivity index (χ4n) is 2.21. The van der Waals surface area contributed by atoms with Gasteiger partial charge in [0.15, 0.2) is 11.5 Å². The van der Waals surface area contributed by atoms with Gasteiger partial charge in [0.25, 0.3) is 0 Å². The normalized spacial score (nSPS) is 13.8. The molecule has 1 aliphatic rings. The maximum absolute atomic E-state index is 11.2. The lowest BCUT2D eigenvalue weighted by atomic mass is 10.1. The topological polar surface area (TPSA) is 55.8 Å². The average molecular weight is 264 g/mol. The molecule has 0 aliphatic carbocycles. The van der Waals surface area contributed by atoms with Crippen LogP contribution in [0.2, 0.25) is 0 Å².